The van der Waals surface area contributed by atoms with Gasteiger partial charge in [-0.05, 0) is 42.5 Å². The number of rotatable bonds is 4. The molecule has 0 spiro atoms. The second-order valence-electron chi connectivity index (χ2n) is 5.51. The van der Waals surface area contributed by atoms with Crippen molar-refractivity contribution in [1.82, 2.24) is 0 Å². The number of furan rings is 1. The number of carbonyl (C=O) groups is 2. The first-order valence-electron chi connectivity index (χ1n) is 7.77. The molecule has 2 N–H and O–H groups in total. The van der Waals surface area contributed by atoms with Crippen LogP contribution in [0.1, 0.15) is 26.5 Å². The molecule has 0 radical (unpaired) electrons. The number of nitrogens with one attached hydrogen (secondary N) is 2. The van der Waals surface area contributed by atoms with Gasteiger partial charge in [0.15, 0.2) is 5.76 Å². The number of anilines is 2. The Hall–Kier alpha value is -3.55. The van der Waals surface area contributed by atoms with Gasteiger partial charge in [0.05, 0.1) is 17.5 Å². The van der Waals surface area contributed by atoms with Crippen LogP contribution in [0.25, 0.3) is 0 Å². The minimum Gasteiger partial charge on any atom is -0.459 e. The van der Waals surface area contributed by atoms with Gasteiger partial charge >= 0.3 is 6.18 Å². The summed E-state index contributed by atoms with van der Waals surface area (Å²) in [5.74, 6) is -1.40. The summed E-state index contributed by atoms with van der Waals surface area (Å²) < 4.78 is 45.1. The SMILES string of the molecule is O=C(Nc1ccc(NC(=O)c2ccco2)cc1C(F)(F)F)c1ccccc1. The summed E-state index contributed by atoms with van der Waals surface area (Å²) in [7, 11) is 0. The molecule has 0 fully saturated rings. The first kappa shape index (κ1) is 18.2. The van der Waals surface area contributed by atoms with Gasteiger partial charge < -0.3 is 15.1 Å². The van der Waals surface area contributed by atoms with Crippen LogP contribution in [-0.4, -0.2) is 11.8 Å². The normalized spacial score (nSPS) is 11.1. The molecule has 0 aliphatic rings. The molecule has 1 heterocycles. The fourth-order valence-corrected chi connectivity index (χ4v) is 2.35. The van der Waals surface area contributed by atoms with E-state index in [9.17, 15) is 22.8 Å². The van der Waals surface area contributed by atoms with Crippen LogP contribution in [0.15, 0.2) is 71.3 Å². The van der Waals surface area contributed by atoms with E-state index in [1.54, 1.807) is 18.2 Å². The zero-order chi connectivity index (χ0) is 19.4. The molecule has 27 heavy (non-hydrogen) atoms. The minimum absolute atomic E-state index is 0.0370. The highest BCUT2D eigenvalue weighted by Gasteiger charge is 2.34. The summed E-state index contributed by atoms with van der Waals surface area (Å²) in [5.41, 5.74) is -1.35. The number of halogens is 3. The highest BCUT2D eigenvalue weighted by molar-refractivity contribution is 6.05. The summed E-state index contributed by atoms with van der Waals surface area (Å²) in [4.78, 5) is 24.1. The lowest BCUT2D eigenvalue weighted by Crippen LogP contribution is -2.18. The van der Waals surface area contributed by atoms with E-state index in [0.29, 0.717) is 0 Å². The Morgan fingerprint density at radius 1 is 0.852 bits per heavy atom. The van der Waals surface area contributed by atoms with E-state index in [2.05, 4.69) is 10.6 Å². The van der Waals surface area contributed by atoms with Gasteiger partial charge in [0.1, 0.15) is 0 Å². The summed E-state index contributed by atoms with van der Waals surface area (Å²) in [6, 6.07) is 13.8. The standard InChI is InChI=1S/C19H13F3N2O3/c20-19(21,22)14-11-13(23-18(26)16-7-4-10-27-16)8-9-15(14)24-17(25)12-5-2-1-3-6-12/h1-11H,(H,23,26)(H,24,25). The van der Waals surface area contributed by atoms with Crippen molar-refractivity contribution in [3.8, 4) is 0 Å². The quantitative estimate of drug-likeness (QED) is 0.689. The van der Waals surface area contributed by atoms with E-state index in [1.807, 2.05) is 0 Å². The lowest BCUT2D eigenvalue weighted by Gasteiger charge is -2.15. The zero-order valence-electron chi connectivity index (χ0n) is 13.7. The Kier molecular flexibility index (Phi) is 4.98. The average molecular weight is 374 g/mol. The average Bonchev–Trinajstić information content (AvgIpc) is 3.17. The van der Waals surface area contributed by atoms with Crippen LogP contribution < -0.4 is 10.6 Å². The van der Waals surface area contributed by atoms with Crippen LogP contribution in [-0.2, 0) is 6.18 Å². The smallest absolute Gasteiger partial charge is 0.418 e. The molecule has 0 atom stereocenters. The predicted octanol–water partition coefficient (Wildman–Crippen LogP) is 4.80. The van der Waals surface area contributed by atoms with Crippen LogP contribution >= 0.6 is 0 Å². The molecule has 0 saturated heterocycles. The Labute approximate surface area is 151 Å². The molecule has 3 rings (SSSR count). The molecule has 8 heteroatoms. The lowest BCUT2D eigenvalue weighted by molar-refractivity contribution is -0.136. The predicted molar refractivity (Wildman–Crippen MR) is 92.5 cm³/mol. The van der Waals surface area contributed by atoms with Gasteiger partial charge in [-0.2, -0.15) is 13.2 Å². The molecular formula is C19H13F3N2O3. The van der Waals surface area contributed by atoms with Crippen molar-refractivity contribution in [3.05, 3.63) is 83.8 Å². The van der Waals surface area contributed by atoms with E-state index in [4.69, 9.17) is 4.42 Å². The van der Waals surface area contributed by atoms with Crippen LogP contribution in [0.5, 0.6) is 0 Å². The minimum atomic E-state index is -4.73. The van der Waals surface area contributed by atoms with E-state index < -0.39 is 29.2 Å². The topological polar surface area (TPSA) is 71.3 Å². The van der Waals surface area contributed by atoms with Gasteiger partial charge in [-0.3, -0.25) is 9.59 Å². The first-order valence-corrected chi connectivity index (χ1v) is 7.77. The number of hydrogen-bond donors (Lipinski definition) is 2. The fourth-order valence-electron chi connectivity index (χ4n) is 2.35. The molecule has 0 unspecified atom stereocenters. The van der Waals surface area contributed by atoms with E-state index >= 15 is 0 Å². The van der Waals surface area contributed by atoms with Gasteiger partial charge in [-0.1, -0.05) is 18.2 Å². The maximum atomic E-state index is 13.4. The molecule has 0 aliphatic carbocycles. The van der Waals surface area contributed by atoms with Gasteiger partial charge in [-0.15, -0.1) is 0 Å². The van der Waals surface area contributed by atoms with Crippen molar-refractivity contribution in [2.45, 2.75) is 6.18 Å². The van der Waals surface area contributed by atoms with Crippen LogP contribution in [0.4, 0.5) is 24.5 Å². The second kappa shape index (κ2) is 7.36. The maximum Gasteiger partial charge on any atom is 0.418 e. The molecule has 3 aromatic rings. The third-order valence-electron chi connectivity index (χ3n) is 3.61. The van der Waals surface area contributed by atoms with E-state index in [-0.39, 0.29) is 17.0 Å². The third-order valence-corrected chi connectivity index (χ3v) is 3.61. The molecule has 0 saturated carbocycles. The number of carbonyl (C=O) groups excluding carboxylic acids is 2. The third kappa shape index (κ3) is 4.35. The summed E-state index contributed by atoms with van der Waals surface area (Å²) in [6.45, 7) is 0. The Balaban J connectivity index is 1.86. The van der Waals surface area contributed by atoms with Crippen molar-refractivity contribution in [2.24, 2.45) is 0 Å². The number of hydrogen-bond acceptors (Lipinski definition) is 3. The largest absolute Gasteiger partial charge is 0.459 e. The van der Waals surface area contributed by atoms with E-state index in [0.717, 1.165) is 12.1 Å². The molecule has 2 amide bonds. The molecule has 2 aromatic carbocycles. The van der Waals surface area contributed by atoms with Gasteiger partial charge in [0, 0.05) is 11.3 Å². The van der Waals surface area contributed by atoms with Crippen LogP contribution in [0.2, 0.25) is 0 Å². The van der Waals surface area contributed by atoms with Gasteiger partial charge in [0.2, 0.25) is 0 Å². The molecule has 5 nitrogen and oxygen atoms in total. The second-order valence-corrected chi connectivity index (χ2v) is 5.51. The van der Waals surface area contributed by atoms with Crippen molar-refractivity contribution in [1.29, 1.82) is 0 Å². The Morgan fingerprint density at radius 3 is 2.22 bits per heavy atom. The van der Waals surface area contributed by atoms with Crippen molar-refractivity contribution in [3.63, 3.8) is 0 Å². The van der Waals surface area contributed by atoms with Gasteiger partial charge in [0.25, 0.3) is 11.8 Å². The number of amides is 2. The molecular weight excluding hydrogens is 361 g/mol. The zero-order valence-corrected chi connectivity index (χ0v) is 13.7. The molecule has 0 bridgehead atoms. The Bertz CT molecular complexity index is 952. The van der Waals surface area contributed by atoms with Crippen LogP contribution in [0, 0.1) is 0 Å². The van der Waals surface area contributed by atoms with Crippen molar-refractivity contribution in [2.75, 3.05) is 10.6 Å². The monoisotopic (exact) mass is 374 g/mol. The fraction of sp³-hybridized carbons (Fsp3) is 0.0526. The first-order chi connectivity index (χ1) is 12.8. The summed E-state index contributed by atoms with van der Waals surface area (Å²) >= 11 is 0. The van der Waals surface area contributed by atoms with Crippen molar-refractivity contribution < 1.29 is 27.2 Å². The number of alkyl halides is 3. The van der Waals surface area contributed by atoms with E-state index in [1.165, 1.54) is 36.6 Å². The molecule has 0 aliphatic heterocycles. The van der Waals surface area contributed by atoms with Crippen molar-refractivity contribution >= 4 is 23.2 Å². The lowest BCUT2D eigenvalue weighted by atomic mass is 10.1. The Morgan fingerprint density at radius 2 is 1.59 bits per heavy atom. The highest BCUT2D eigenvalue weighted by atomic mass is 19.4. The summed E-state index contributed by atoms with van der Waals surface area (Å²) in [5, 5.41) is 4.57. The van der Waals surface area contributed by atoms with Crippen LogP contribution in [0.3, 0.4) is 0 Å². The highest BCUT2D eigenvalue weighted by Crippen LogP contribution is 2.37. The van der Waals surface area contributed by atoms with Gasteiger partial charge in [-0.25, -0.2) is 0 Å². The molecule has 1 aromatic heterocycles. The number of benzene rings is 2. The molecule has 138 valence electrons. The maximum absolute atomic E-state index is 13.4. The summed E-state index contributed by atoms with van der Waals surface area (Å²) in [6.07, 6.45) is -3.46.